The maximum absolute atomic E-state index is 9.25. The lowest BCUT2D eigenvalue weighted by Crippen LogP contribution is -2.14. The van der Waals surface area contributed by atoms with Crippen molar-refractivity contribution in [3.8, 4) is 0 Å². The number of carbonyl (C=O) groups excluding carboxylic acids is 1. The molecular formula is C3H4NO2S. The van der Waals surface area contributed by atoms with E-state index < -0.39 is 0 Å². The molecule has 0 heterocycles. The van der Waals surface area contributed by atoms with Gasteiger partial charge in [0, 0.05) is 0 Å². The summed E-state index contributed by atoms with van der Waals surface area (Å²) in [4.78, 5) is 9.40. The van der Waals surface area contributed by atoms with E-state index in [0.29, 0.717) is 0 Å². The molecule has 0 atom stereocenters. The third-order valence-corrected chi connectivity index (χ3v) is 0.391. The van der Waals surface area contributed by atoms with Crippen molar-refractivity contribution in [3.63, 3.8) is 0 Å². The SMILES string of the molecule is NC(=S)CO[C]=O. The number of nitrogens with two attached hydrogens (primary N) is 1. The van der Waals surface area contributed by atoms with Crippen LogP contribution in [-0.2, 0) is 9.53 Å². The Bertz CT molecular complexity index is 83.0. The first-order valence-electron chi connectivity index (χ1n) is 1.54. The van der Waals surface area contributed by atoms with Crippen LogP contribution >= 0.6 is 12.2 Å². The van der Waals surface area contributed by atoms with Crippen molar-refractivity contribution in [2.75, 3.05) is 6.61 Å². The zero-order valence-electron chi connectivity index (χ0n) is 3.51. The Morgan fingerprint density at radius 1 is 2.00 bits per heavy atom. The van der Waals surface area contributed by atoms with Crippen molar-refractivity contribution >= 4 is 23.7 Å². The van der Waals surface area contributed by atoms with Crippen LogP contribution in [0.15, 0.2) is 0 Å². The molecule has 0 unspecified atom stereocenters. The van der Waals surface area contributed by atoms with Gasteiger partial charge in [0.2, 0.25) is 0 Å². The highest BCUT2D eigenvalue weighted by atomic mass is 32.1. The van der Waals surface area contributed by atoms with Gasteiger partial charge in [-0.3, -0.25) is 0 Å². The Morgan fingerprint density at radius 3 is 2.71 bits per heavy atom. The highest BCUT2D eigenvalue weighted by molar-refractivity contribution is 7.80. The van der Waals surface area contributed by atoms with Crippen LogP contribution in [0.3, 0.4) is 0 Å². The van der Waals surface area contributed by atoms with Crippen molar-refractivity contribution in [3.05, 3.63) is 0 Å². The van der Waals surface area contributed by atoms with Gasteiger partial charge in [0.1, 0.15) is 11.6 Å². The molecule has 0 spiro atoms. The minimum atomic E-state index is -0.0150. The second-order valence-corrected chi connectivity index (χ2v) is 1.36. The lowest BCUT2D eigenvalue weighted by molar-refractivity contribution is 0.325. The molecule has 0 aromatic heterocycles. The predicted octanol–water partition coefficient (Wildman–Crippen LogP) is -0.644. The molecule has 7 heavy (non-hydrogen) atoms. The summed E-state index contributed by atoms with van der Waals surface area (Å²) in [7, 11) is 0. The Hall–Kier alpha value is -0.640. The van der Waals surface area contributed by atoms with E-state index in [4.69, 9.17) is 5.73 Å². The van der Waals surface area contributed by atoms with Crippen LogP contribution in [-0.4, -0.2) is 18.1 Å². The van der Waals surface area contributed by atoms with Crippen LogP contribution in [0.4, 0.5) is 0 Å². The molecule has 1 radical (unpaired) electrons. The first-order valence-corrected chi connectivity index (χ1v) is 1.95. The summed E-state index contributed by atoms with van der Waals surface area (Å²) in [5.41, 5.74) is 4.91. The van der Waals surface area contributed by atoms with Gasteiger partial charge in [0.15, 0.2) is 0 Å². The van der Waals surface area contributed by atoms with Crippen molar-refractivity contribution in [2.45, 2.75) is 0 Å². The molecular weight excluding hydrogens is 114 g/mol. The third-order valence-electron chi connectivity index (χ3n) is 0.273. The summed E-state index contributed by atoms with van der Waals surface area (Å²) in [6.07, 6.45) is 0. The molecule has 0 aliphatic heterocycles. The van der Waals surface area contributed by atoms with Gasteiger partial charge in [-0.15, -0.1) is 0 Å². The molecule has 4 heteroatoms. The lowest BCUT2D eigenvalue weighted by Gasteiger charge is -1.88. The fraction of sp³-hybridized carbons (Fsp3) is 0.333. The van der Waals surface area contributed by atoms with Crippen molar-refractivity contribution in [1.82, 2.24) is 0 Å². The maximum atomic E-state index is 9.25. The van der Waals surface area contributed by atoms with Gasteiger partial charge in [-0.2, -0.15) is 0 Å². The molecule has 39 valence electrons. The van der Waals surface area contributed by atoms with Gasteiger partial charge < -0.3 is 10.5 Å². The summed E-state index contributed by atoms with van der Waals surface area (Å²) in [6.45, 7) is 1.17. The van der Waals surface area contributed by atoms with E-state index in [9.17, 15) is 4.79 Å². The summed E-state index contributed by atoms with van der Waals surface area (Å²) < 4.78 is 4.02. The standard InChI is InChI=1S/C3H4NO2S/c4-3(7)1-6-2-5/h1H2,(H2,4,7). The van der Waals surface area contributed by atoms with E-state index in [0.717, 1.165) is 0 Å². The number of thiocarbonyl (C=S) groups is 1. The second kappa shape index (κ2) is 3.55. The van der Waals surface area contributed by atoms with E-state index in [-0.39, 0.29) is 11.6 Å². The van der Waals surface area contributed by atoms with Crippen molar-refractivity contribution in [1.29, 1.82) is 0 Å². The summed E-state index contributed by atoms with van der Waals surface area (Å²) in [5.74, 6) is 0. The molecule has 0 aliphatic rings. The zero-order valence-corrected chi connectivity index (χ0v) is 4.33. The Morgan fingerprint density at radius 2 is 2.57 bits per heavy atom. The molecule has 0 aromatic rings. The largest absolute Gasteiger partial charge is 0.450 e. The highest BCUT2D eigenvalue weighted by Gasteiger charge is 1.84. The Labute approximate surface area is 46.4 Å². The van der Waals surface area contributed by atoms with Crippen molar-refractivity contribution in [2.24, 2.45) is 5.73 Å². The second-order valence-electron chi connectivity index (χ2n) is 0.838. The Kier molecular flexibility index (Phi) is 3.22. The third kappa shape index (κ3) is 5.36. The smallest absolute Gasteiger partial charge is 0.417 e. The fourth-order valence-electron chi connectivity index (χ4n) is 0.101. The normalized spacial score (nSPS) is 7.43. The van der Waals surface area contributed by atoms with Crippen LogP contribution in [0.25, 0.3) is 0 Å². The molecule has 0 saturated carbocycles. The van der Waals surface area contributed by atoms with Crippen LogP contribution in [0.2, 0.25) is 0 Å². The van der Waals surface area contributed by atoms with Gasteiger partial charge in [0.25, 0.3) is 0 Å². The average molecular weight is 118 g/mol. The minimum Gasteiger partial charge on any atom is -0.450 e. The summed E-state index contributed by atoms with van der Waals surface area (Å²) in [6, 6.07) is 0. The monoisotopic (exact) mass is 118 g/mol. The van der Waals surface area contributed by atoms with Gasteiger partial charge in [0.05, 0.1) is 0 Å². The first-order chi connectivity index (χ1) is 3.27. The summed E-state index contributed by atoms with van der Waals surface area (Å²) in [5, 5.41) is 0. The van der Waals surface area contributed by atoms with Gasteiger partial charge in [-0.25, -0.2) is 4.79 Å². The predicted molar refractivity (Wildman–Crippen MR) is 28.4 cm³/mol. The van der Waals surface area contributed by atoms with Crippen LogP contribution in [0, 0.1) is 0 Å². The molecule has 0 rings (SSSR count). The molecule has 0 aromatic carbocycles. The van der Waals surface area contributed by atoms with Crippen LogP contribution < -0.4 is 5.73 Å². The first kappa shape index (κ1) is 6.36. The van der Waals surface area contributed by atoms with Crippen molar-refractivity contribution < 1.29 is 9.53 Å². The lowest BCUT2D eigenvalue weighted by atomic mass is 10.7. The number of hydrogen-bond donors (Lipinski definition) is 1. The fourth-order valence-corrected chi connectivity index (χ4v) is 0.160. The molecule has 0 aliphatic carbocycles. The number of rotatable bonds is 3. The van der Waals surface area contributed by atoms with E-state index in [1.165, 1.54) is 6.47 Å². The molecule has 0 saturated heterocycles. The van der Waals surface area contributed by atoms with Gasteiger partial charge in [-0.1, -0.05) is 12.2 Å². The zero-order chi connectivity index (χ0) is 5.70. The topological polar surface area (TPSA) is 52.3 Å². The number of hydrogen-bond acceptors (Lipinski definition) is 3. The van der Waals surface area contributed by atoms with E-state index >= 15 is 0 Å². The molecule has 3 nitrogen and oxygen atoms in total. The van der Waals surface area contributed by atoms with Crippen LogP contribution in [0.1, 0.15) is 0 Å². The molecule has 0 bridgehead atoms. The summed E-state index contributed by atoms with van der Waals surface area (Å²) >= 11 is 4.33. The van der Waals surface area contributed by atoms with E-state index in [2.05, 4.69) is 17.0 Å². The molecule has 0 amide bonds. The van der Waals surface area contributed by atoms with Gasteiger partial charge in [-0.05, 0) is 0 Å². The number of ether oxygens (including phenoxy) is 1. The quantitative estimate of drug-likeness (QED) is 0.501. The van der Waals surface area contributed by atoms with Gasteiger partial charge >= 0.3 is 6.47 Å². The highest BCUT2D eigenvalue weighted by Crippen LogP contribution is 1.65. The maximum Gasteiger partial charge on any atom is 0.417 e. The van der Waals surface area contributed by atoms with E-state index in [1.54, 1.807) is 0 Å². The average Bonchev–Trinajstić information content (AvgIpc) is 1.61. The minimum absolute atomic E-state index is 0.0150. The van der Waals surface area contributed by atoms with E-state index in [1.807, 2.05) is 0 Å². The Balaban J connectivity index is 2.97. The molecule has 2 N–H and O–H groups in total. The molecule has 0 fully saturated rings. The van der Waals surface area contributed by atoms with Crippen LogP contribution in [0.5, 0.6) is 0 Å².